The Balaban J connectivity index is 2.28. The van der Waals surface area contributed by atoms with Gasteiger partial charge in [-0.1, -0.05) is 6.92 Å². The summed E-state index contributed by atoms with van der Waals surface area (Å²) in [5, 5.41) is 21.1. The van der Waals surface area contributed by atoms with Crippen LogP contribution in [0.25, 0.3) is 0 Å². The van der Waals surface area contributed by atoms with Gasteiger partial charge in [0, 0.05) is 18.8 Å². The first-order chi connectivity index (χ1) is 9.15. The number of rotatable bonds is 2. The quantitative estimate of drug-likeness (QED) is 0.810. The molecule has 0 radical (unpaired) electrons. The third-order valence-corrected chi connectivity index (χ3v) is 3.26. The molecule has 2 atom stereocenters. The number of aliphatic hydroxyl groups excluding tert-OH is 1. The highest BCUT2D eigenvalue weighted by Crippen LogP contribution is 2.19. The highest BCUT2D eigenvalue weighted by molar-refractivity contribution is 5.97. The van der Waals surface area contributed by atoms with Gasteiger partial charge in [-0.25, -0.2) is 0 Å². The molecule has 100 valence electrons. The van der Waals surface area contributed by atoms with Crippen LogP contribution in [0, 0.1) is 17.2 Å². The number of anilines is 1. The van der Waals surface area contributed by atoms with Crippen molar-refractivity contribution in [2.24, 2.45) is 5.92 Å². The zero-order valence-electron chi connectivity index (χ0n) is 10.8. The predicted octanol–water partition coefficient (Wildman–Crippen LogP) is 0.491. The number of nitriles is 1. The standard InChI is InChI=1S/C14H17N3O2/c1-10-7-16-13(9-18)14(19)17(8-10)12-4-2-11(6-15)3-5-12/h2-5,10,13,16,18H,7-9H2,1H3. The molecule has 5 nitrogen and oxygen atoms in total. The van der Waals surface area contributed by atoms with Crippen LogP contribution in [-0.4, -0.2) is 36.8 Å². The number of benzene rings is 1. The minimum absolute atomic E-state index is 0.128. The molecule has 1 aromatic rings. The zero-order chi connectivity index (χ0) is 13.8. The lowest BCUT2D eigenvalue weighted by atomic mass is 10.1. The average molecular weight is 259 g/mol. The summed E-state index contributed by atoms with van der Waals surface area (Å²) in [4.78, 5) is 14.0. The predicted molar refractivity (Wildman–Crippen MR) is 71.6 cm³/mol. The molecular formula is C14H17N3O2. The lowest BCUT2D eigenvalue weighted by Crippen LogP contribution is -2.45. The number of amides is 1. The Hall–Kier alpha value is -1.90. The second-order valence-electron chi connectivity index (χ2n) is 4.86. The van der Waals surface area contributed by atoms with E-state index in [1.165, 1.54) is 0 Å². The fraction of sp³-hybridized carbons (Fsp3) is 0.429. The molecule has 5 heteroatoms. The molecule has 1 amide bonds. The second-order valence-corrected chi connectivity index (χ2v) is 4.86. The van der Waals surface area contributed by atoms with Crippen molar-refractivity contribution in [3.8, 4) is 6.07 Å². The van der Waals surface area contributed by atoms with E-state index in [0.29, 0.717) is 24.6 Å². The van der Waals surface area contributed by atoms with Gasteiger partial charge in [-0.15, -0.1) is 0 Å². The molecule has 2 N–H and O–H groups in total. The van der Waals surface area contributed by atoms with E-state index < -0.39 is 6.04 Å². The zero-order valence-corrected chi connectivity index (χ0v) is 10.8. The largest absolute Gasteiger partial charge is 0.394 e. The van der Waals surface area contributed by atoms with Crippen LogP contribution in [0.2, 0.25) is 0 Å². The van der Waals surface area contributed by atoms with E-state index in [2.05, 4.69) is 18.3 Å². The Morgan fingerprint density at radius 2 is 2.16 bits per heavy atom. The highest BCUT2D eigenvalue weighted by Gasteiger charge is 2.29. The van der Waals surface area contributed by atoms with Gasteiger partial charge in [-0.05, 0) is 30.2 Å². The Labute approximate surface area is 112 Å². The molecule has 0 spiro atoms. The minimum atomic E-state index is -0.555. The van der Waals surface area contributed by atoms with Crippen molar-refractivity contribution >= 4 is 11.6 Å². The maximum atomic E-state index is 12.3. The van der Waals surface area contributed by atoms with Gasteiger partial charge < -0.3 is 15.3 Å². The molecule has 1 aliphatic heterocycles. The van der Waals surface area contributed by atoms with Gasteiger partial charge in [0.15, 0.2) is 0 Å². The van der Waals surface area contributed by atoms with Crippen molar-refractivity contribution in [3.63, 3.8) is 0 Å². The minimum Gasteiger partial charge on any atom is -0.394 e. The first-order valence-corrected chi connectivity index (χ1v) is 6.31. The van der Waals surface area contributed by atoms with Crippen molar-refractivity contribution in [1.82, 2.24) is 5.32 Å². The lowest BCUT2D eigenvalue weighted by Gasteiger charge is -2.24. The van der Waals surface area contributed by atoms with E-state index in [0.717, 1.165) is 5.69 Å². The van der Waals surface area contributed by atoms with E-state index in [4.69, 9.17) is 5.26 Å². The molecule has 1 aliphatic rings. The maximum absolute atomic E-state index is 12.3. The van der Waals surface area contributed by atoms with Gasteiger partial charge >= 0.3 is 0 Å². The topological polar surface area (TPSA) is 76.4 Å². The fourth-order valence-corrected chi connectivity index (χ4v) is 2.18. The Morgan fingerprint density at radius 3 is 2.74 bits per heavy atom. The number of carbonyl (C=O) groups excluding carboxylic acids is 1. The van der Waals surface area contributed by atoms with Crippen molar-refractivity contribution in [3.05, 3.63) is 29.8 Å². The summed E-state index contributed by atoms with van der Waals surface area (Å²) in [7, 11) is 0. The summed E-state index contributed by atoms with van der Waals surface area (Å²) in [6, 6.07) is 8.42. The third kappa shape index (κ3) is 2.92. The van der Waals surface area contributed by atoms with Crippen molar-refractivity contribution in [1.29, 1.82) is 5.26 Å². The first kappa shape index (κ1) is 13.5. The number of hydrogen-bond acceptors (Lipinski definition) is 4. The van der Waals surface area contributed by atoms with Crippen LogP contribution in [0.1, 0.15) is 12.5 Å². The van der Waals surface area contributed by atoms with Gasteiger partial charge in [-0.3, -0.25) is 4.79 Å². The van der Waals surface area contributed by atoms with Gasteiger partial charge in [0.05, 0.1) is 18.2 Å². The molecule has 0 aromatic heterocycles. The monoisotopic (exact) mass is 259 g/mol. The molecule has 2 unspecified atom stereocenters. The fourth-order valence-electron chi connectivity index (χ4n) is 2.18. The van der Waals surface area contributed by atoms with Crippen molar-refractivity contribution in [2.75, 3.05) is 24.6 Å². The Bertz CT molecular complexity index is 492. The van der Waals surface area contributed by atoms with Crippen LogP contribution in [0.15, 0.2) is 24.3 Å². The number of aliphatic hydroxyl groups is 1. The molecule has 0 bridgehead atoms. The van der Waals surface area contributed by atoms with Crippen LogP contribution in [0.3, 0.4) is 0 Å². The number of carbonyl (C=O) groups is 1. The number of nitrogens with one attached hydrogen (secondary N) is 1. The van der Waals surface area contributed by atoms with Crippen LogP contribution >= 0.6 is 0 Å². The Kier molecular flexibility index (Phi) is 4.15. The van der Waals surface area contributed by atoms with Crippen molar-refractivity contribution in [2.45, 2.75) is 13.0 Å². The van der Waals surface area contributed by atoms with Crippen LogP contribution in [0.4, 0.5) is 5.69 Å². The number of hydrogen-bond donors (Lipinski definition) is 2. The summed E-state index contributed by atoms with van der Waals surface area (Å²) >= 11 is 0. The smallest absolute Gasteiger partial charge is 0.246 e. The molecule has 1 fully saturated rings. The summed E-state index contributed by atoms with van der Waals surface area (Å²) in [5.74, 6) is 0.174. The van der Waals surface area contributed by atoms with Gasteiger partial charge in [-0.2, -0.15) is 5.26 Å². The molecule has 19 heavy (non-hydrogen) atoms. The van der Waals surface area contributed by atoms with E-state index >= 15 is 0 Å². The highest BCUT2D eigenvalue weighted by atomic mass is 16.3. The second kappa shape index (κ2) is 5.83. The van der Waals surface area contributed by atoms with E-state index in [-0.39, 0.29) is 12.5 Å². The normalized spacial score (nSPS) is 23.8. The van der Waals surface area contributed by atoms with Crippen LogP contribution in [-0.2, 0) is 4.79 Å². The third-order valence-electron chi connectivity index (χ3n) is 3.26. The first-order valence-electron chi connectivity index (χ1n) is 6.31. The summed E-state index contributed by atoms with van der Waals surface area (Å²) in [5.41, 5.74) is 1.33. The van der Waals surface area contributed by atoms with Crippen molar-refractivity contribution < 1.29 is 9.90 Å². The average Bonchev–Trinajstić information content (AvgIpc) is 2.58. The lowest BCUT2D eigenvalue weighted by molar-refractivity contribution is -0.121. The van der Waals surface area contributed by atoms with E-state index in [9.17, 15) is 9.90 Å². The summed E-state index contributed by atoms with van der Waals surface area (Å²) in [6.45, 7) is 3.15. The molecule has 1 aromatic carbocycles. The molecule has 1 heterocycles. The van der Waals surface area contributed by atoms with E-state index in [1.807, 2.05) is 0 Å². The maximum Gasteiger partial charge on any atom is 0.246 e. The van der Waals surface area contributed by atoms with Gasteiger partial charge in [0.2, 0.25) is 5.91 Å². The van der Waals surface area contributed by atoms with E-state index in [1.54, 1.807) is 29.2 Å². The molecule has 0 saturated carbocycles. The molecular weight excluding hydrogens is 242 g/mol. The Morgan fingerprint density at radius 1 is 1.47 bits per heavy atom. The van der Waals surface area contributed by atoms with Crippen LogP contribution in [0.5, 0.6) is 0 Å². The summed E-state index contributed by atoms with van der Waals surface area (Å²) < 4.78 is 0. The van der Waals surface area contributed by atoms with Crippen LogP contribution < -0.4 is 10.2 Å². The van der Waals surface area contributed by atoms with Gasteiger partial charge in [0.1, 0.15) is 6.04 Å². The summed E-state index contributed by atoms with van der Waals surface area (Å²) in [6.07, 6.45) is 0. The van der Waals surface area contributed by atoms with Gasteiger partial charge in [0.25, 0.3) is 0 Å². The molecule has 1 saturated heterocycles. The number of nitrogens with zero attached hydrogens (tertiary/aromatic N) is 2. The molecule has 0 aliphatic carbocycles. The SMILES string of the molecule is CC1CNC(CO)C(=O)N(c2ccc(C#N)cc2)C1. The molecule has 2 rings (SSSR count).